The Morgan fingerprint density at radius 2 is 1.73 bits per heavy atom. The zero-order valence-electron chi connectivity index (χ0n) is 13.8. The number of benzene rings is 1. The van der Waals surface area contributed by atoms with E-state index >= 15 is 0 Å². The number of carbonyl (C=O) groups is 1. The van der Waals surface area contributed by atoms with Gasteiger partial charge in [-0.3, -0.25) is 4.79 Å². The van der Waals surface area contributed by atoms with Crippen molar-refractivity contribution in [3.05, 3.63) is 41.2 Å². The smallest absolute Gasteiger partial charge is 0.416 e. The van der Waals surface area contributed by atoms with Crippen LogP contribution in [-0.2, 0) is 12.7 Å². The van der Waals surface area contributed by atoms with Crippen molar-refractivity contribution in [2.75, 3.05) is 19.5 Å². The molecule has 7 nitrogen and oxygen atoms in total. The molecule has 0 aliphatic heterocycles. The molecule has 0 unspecified atom stereocenters. The van der Waals surface area contributed by atoms with E-state index in [0.717, 1.165) is 18.5 Å². The van der Waals surface area contributed by atoms with Crippen LogP contribution in [0.5, 0.6) is 11.8 Å². The van der Waals surface area contributed by atoms with Gasteiger partial charge < -0.3 is 20.5 Å². The summed E-state index contributed by atoms with van der Waals surface area (Å²) in [5.41, 5.74) is 4.50. The Kier molecular flexibility index (Phi) is 7.16. The normalized spacial score (nSPS) is 10.7. The van der Waals surface area contributed by atoms with Crippen LogP contribution < -0.4 is 20.5 Å². The van der Waals surface area contributed by atoms with Crippen molar-refractivity contribution in [1.82, 2.24) is 9.97 Å². The number of rotatable bonds is 5. The Bertz CT molecular complexity index is 765. The third kappa shape index (κ3) is 4.73. The van der Waals surface area contributed by atoms with E-state index in [1.165, 1.54) is 20.3 Å². The van der Waals surface area contributed by atoms with E-state index in [9.17, 15) is 18.0 Å². The van der Waals surface area contributed by atoms with Gasteiger partial charge in [-0.15, -0.1) is 12.4 Å². The van der Waals surface area contributed by atoms with Gasteiger partial charge in [0.2, 0.25) is 11.8 Å². The molecule has 0 bridgehead atoms. The number of anilines is 1. The summed E-state index contributed by atoms with van der Waals surface area (Å²) in [6.45, 7) is -0.117. The molecule has 0 saturated carbocycles. The van der Waals surface area contributed by atoms with Crippen LogP contribution in [0.25, 0.3) is 0 Å². The van der Waals surface area contributed by atoms with Gasteiger partial charge in [0.1, 0.15) is 6.33 Å². The van der Waals surface area contributed by atoms with Crippen LogP contribution in [0.1, 0.15) is 21.5 Å². The molecule has 0 radical (unpaired) electrons. The fraction of sp³-hybridized carbons (Fsp3) is 0.267. The quantitative estimate of drug-likeness (QED) is 0.811. The number of methoxy groups -OCH3 is 2. The molecule has 26 heavy (non-hydrogen) atoms. The van der Waals surface area contributed by atoms with E-state index in [1.54, 1.807) is 0 Å². The van der Waals surface area contributed by atoms with E-state index in [0.29, 0.717) is 0 Å². The number of halogens is 4. The number of ether oxygens (including phenoxy) is 2. The molecule has 0 saturated heterocycles. The van der Waals surface area contributed by atoms with Crippen molar-refractivity contribution >= 4 is 24.0 Å². The monoisotopic (exact) mass is 392 g/mol. The lowest BCUT2D eigenvalue weighted by molar-refractivity contribution is -0.137. The van der Waals surface area contributed by atoms with Crippen molar-refractivity contribution < 1.29 is 27.4 Å². The zero-order chi connectivity index (χ0) is 18.6. The number of hydrogen-bond donors (Lipinski definition) is 2. The summed E-state index contributed by atoms with van der Waals surface area (Å²) in [6.07, 6.45) is -3.44. The zero-order valence-corrected chi connectivity index (χ0v) is 14.6. The largest absolute Gasteiger partial charge is 0.480 e. The highest BCUT2D eigenvalue weighted by molar-refractivity contribution is 6.07. The van der Waals surface area contributed by atoms with Gasteiger partial charge in [0, 0.05) is 12.2 Å². The minimum atomic E-state index is -4.57. The number of aromatic nitrogens is 2. The first kappa shape index (κ1) is 21.5. The van der Waals surface area contributed by atoms with Gasteiger partial charge in [-0.05, 0) is 23.8 Å². The SMILES string of the molecule is COc1ncnc(OC)c1C(=O)Nc1cc(CN)cc(C(F)(F)F)c1.Cl. The molecule has 11 heteroatoms. The Morgan fingerprint density at radius 1 is 1.15 bits per heavy atom. The first-order valence-electron chi connectivity index (χ1n) is 6.95. The summed E-state index contributed by atoms with van der Waals surface area (Å²) in [5, 5.41) is 2.36. The van der Waals surface area contributed by atoms with Gasteiger partial charge in [0.15, 0.2) is 5.56 Å². The lowest BCUT2D eigenvalue weighted by atomic mass is 10.1. The molecule has 1 aromatic carbocycles. The van der Waals surface area contributed by atoms with Crippen LogP contribution >= 0.6 is 12.4 Å². The molecule has 1 amide bonds. The highest BCUT2D eigenvalue weighted by Crippen LogP contribution is 2.32. The number of nitrogens with one attached hydrogen (secondary N) is 1. The summed E-state index contributed by atoms with van der Waals surface area (Å²) in [5.74, 6) is -0.928. The number of nitrogens with two attached hydrogens (primary N) is 1. The van der Waals surface area contributed by atoms with E-state index < -0.39 is 17.6 Å². The molecule has 0 spiro atoms. The summed E-state index contributed by atoms with van der Waals surface area (Å²) < 4.78 is 48.9. The maximum Gasteiger partial charge on any atom is 0.416 e. The molecule has 2 rings (SSSR count). The molecule has 0 atom stereocenters. The Balaban J connectivity index is 0.00000338. The fourth-order valence-corrected chi connectivity index (χ4v) is 2.10. The fourth-order valence-electron chi connectivity index (χ4n) is 2.10. The first-order valence-corrected chi connectivity index (χ1v) is 6.95. The van der Waals surface area contributed by atoms with Crippen LogP contribution in [0.3, 0.4) is 0 Å². The van der Waals surface area contributed by atoms with E-state index in [-0.39, 0.29) is 47.5 Å². The lowest BCUT2D eigenvalue weighted by Crippen LogP contribution is -2.17. The number of carbonyl (C=O) groups excluding carboxylic acids is 1. The molecule has 0 aliphatic rings. The van der Waals surface area contributed by atoms with Crippen LogP contribution in [0.4, 0.5) is 18.9 Å². The maximum absolute atomic E-state index is 13.0. The third-order valence-corrected chi connectivity index (χ3v) is 3.21. The average Bonchev–Trinajstić information content (AvgIpc) is 2.59. The number of nitrogens with zero attached hydrogens (tertiary/aromatic N) is 2. The predicted octanol–water partition coefficient (Wildman–Crippen LogP) is 2.65. The van der Waals surface area contributed by atoms with Crippen molar-refractivity contribution in [3.63, 3.8) is 0 Å². The molecular formula is C15H16ClF3N4O3. The standard InChI is InChI=1S/C15H15F3N4O3.ClH/c1-24-13-11(14(25-2)21-7-20-13)12(23)22-10-4-8(6-19)3-9(5-10)15(16,17)18;/h3-5,7H,6,19H2,1-2H3,(H,22,23);1H. The van der Waals surface area contributed by atoms with E-state index in [1.807, 2.05) is 0 Å². The molecule has 2 aromatic rings. The molecule has 3 N–H and O–H groups in total. The summed E-state index contributed by atoms with van der Waals surface area (Å²) in [6, 6.07) is 3.07. The Morgan fingerprint density at radius 3 is 2.19 bits per heavy atom. The summed E-state index contributed by atoms with van der Waals surface area (Å²) in [4.78, 5) is 20.0. The Hall–Kier alpha value is -2.59. The van der Waals surface area contributed by atoms with Gasteiger partial charge in [-0.25, -0.2) is 9.97 Å². The number of amides is 1. The van der Waals surface area contributed by atoms with Gasteiger partial charge in [-0.2, -0.15) is 13.2 Å². The molecule has 142 valence electrons. The number of alkyl halides is 3. The molecular weight excluding hydrogens is 377 g/mol. The summed E-state index contributed by atoms with van der Waals surface area (Å²) in [7, 11) is 2.57. The lowest BCUT2D eigenvalue weighted by Gasteiger charge is -2.14. The minimum Gasteiger partial charge on any atom is -0.480 e. The maximum atomic E-state index is 13.0. The highest BCUT2D eigenvalue weighted by Gasteiger charge is 2.31. The second-order valence-electron chi connectivity index (χ2n) is 4.84. The first-order chi connectivity index (χ1) is 11.8. The summed E-state index contributed by atoms with van der Waals surface area (Å²) >= 11 is 0. The van der Waals surface area contributed by atoms with Gasteiger partial charge in [0.05, 0.1) is 19.8 Å². The highest BCUT2D eigenvalue weighted by atomic mass is 35.5. The molecule has 0 aliphatic carbocycles. The number of hydrogen-bond acceptors (Lipinski definition) is 6. The van der Waals surface area contributed by atoms with Gasteiger partial charge in [-0.1, -0.05) is 0 Å². The molecule has 0 fully saturated rings. The Labute approximate surface area is 153 Å². The van der Waals surface area contributed by atoms with Crippen molar-refractivity contribution in [3.8, 4) is 11.8 Å². The topological polar surface area (TPSA) is 99.4 Å². The van der Waals surface area contributed by atoms with Crippen molar-refractivity contribution in [2.45, 2.75) is 12.7 Å². The minimum absolute atomic E-state index is 0. The molecule has 1 aromatic heterocycles. The van der Waals surface area contributed by atoms with E-state index in [4.69, 9.17) is 15.2 Å². The average molecular weight is 393 g/mol. The van der Waals surface area contributed by atoms with Crippen LogP contribution in [0.15, 0.2) is 24.5 Å². The van der Waals surface area contributed by atoms with Crippen LogP contribution in [0.2, 0.25) is 0 Å². The van der Waals surface area contributed by atoms with Gasteiger partial charge in [0.25, 0.3) is 5.91 Å². The van der Waals surface area contributed by atoms with Crippen LogP contribution in [0, 0.1) is 0 Å². The third-order valence-electron chi connectivity index (χ3n) is 3.21. The van der Waals surface area contributed by atoms with E-state index in [2.05, 4.69) is 15.3 Å². The molecule has 1 heterocycles. The predicted molar refractivity (Wildman–Crippen MR) is 89.7 cm³/mol. The second kappa shape index (κ2) is 8.68. The van der Waals surface area contributed by atoms with Crippen molar-refractivity contribution in [2.24, 2.45) is 5.73 Å². The second-order valence-corrected chi connectivity index (χ2v) is 4.84. The van der Waals surface area contributed by atoms with Crippen molar-refractivity contribution in [1.29, 1.82) is 0 Å². The van der Waals surface area contributed by atoms with Crippen LogP contribution in [-0.4, -0.2) is 30.1 Å². The van der Waals surface area contributed by atoms with Gasteiger partial charge >= 0.3 is 6.18 Å².